The van der Waals surface area contributed by atoms with Gasteiger partial charge in [-0.15, -0.1) is 0 Å². The van der Waals surface area contributed by atoms with E-state index in [0.29, 0.717) is 37.1 Å². The minimum atomic E-state index is -1.12. The highest BCUT2D eigenvalue weighted by atomic mass is 19.1. The standard InChI is InChI=1S/C28H33FN4O3/c1-32-19-30-17-22(32)4-3-14-33-15-12-20(21(18-33)6-10-28(34)35)5-8-26(29)24-11-13-31-27-9-7-23(36-2)16-25(24)27/h7,9,11,13,16-17,19-21,26H,5-6,8,10,12,14-15,18H2,1-2H3,(H,34,35)/t20-,21+,26?/m1/s1. The number of ether oxygens (including phenoxy) is 1. The third-order valence-electron chi connectivity index (χ3n) is 7.15. The van der Waals surface area contributed by atoms with Crippen molar-refractivity contribution in [1.29, 1.82) is 0 Å². The highest BCUT2D eigenvalue weighted by molar-refractivity contribution is 5.83. The third-order valence-corrected chi connectivity index (χ3v) is 7.15. The van der Waals surface area contributed by atoms with Gasteiger partial charge in [0.2, 0.25) is 0 Å². The molecule has 0 amide bonds. The highest BCUT2D eigenvalue weighted by Crippen LogP contribution is 2.36. The Labute approximate surface area is 211 Å². The van der Waals surface area contributed by atoms with Crippen LogP contribution in [0.3, 0.4) is 0 Å². The molecule has 0 radical (unpaired) electrons. The number of imidazole rings is 1. The average molecular weight is 493 g/mol. The molecule has 3 aromatic rings. The maximum atomic E-state index is 15.5. The summed E-state index contributed by atoms with van der Waals surface area (Å²) in [4.78, 5) is 22.0. The average Bonchev–Trinajstić information content (AvgIpc) is 3.30. The second kappa shape index (κ2) is 12.0. The number of aliphatic carboxylic acids is 1. The van der Waals surface area contributed by atoms with Crippen molar-refractivity contribution in [3.8, 4) is 17.6 Å². The van der Waals surface area contributed by atoms with Crippen molar-refractivity contribution in [1.82, 2.24) is 19.4 Å². The van der Waals surface area contributed by atoms with Crippen LogP contribution >= 0.6 is 0 Å². The Hall–Kier alpha value is -3.44. The van der Waals surface area contributed by atoms with Gasteiger partial charge in [0.15, 0.2) is 0 Å². The number of hydrogen-bond acceptors (Lipinski definition) is 5. The first-order valence-corrected chi connectivity index (χ1v) is 12.4. The minimum Gasteiger partial charge on any atom is -0.497 e. The van der Waals surface area contributed by atoms with E-state index in [2.05, 4.69) is 26.7 Å². The van der Waals surface area contributed by atoms with E-state index in [-0.39, 0.29) is 18.3 Å². The van der Waals surface area contributed by atoms with E-state index in [1.54, 1.807) is 31.9 Å². The van der Waals surface area contributed by atoms with Crippen molar-refractivity contribution >= 4 is 16.9 Å². The molecule has 190 valence electrons. The summed E-state index contributed by atoms with van der Waals surface area (Å²) in [7, 11) is 3.51. The number of carbonyl (C=O) groups is 1. The van der Waals surface area contributed by atoms with Gasteiger partial charge in [-0.25, -0.2) is 9.37 Å². The number of likely N-dealkylation sites (tertiary alicyclic amines) is 1. The number of carboxylic acid groups (broad SMARTS) is 1. The molecule has 1 fully saturated rings. The molecule has 8 heteroatoms. The van der Waals surface area contributed by atoms with Crippen molar-refractivity contribution < 1.29 is 19.0 Å². The summed E-state index contributed by atoms with van der Waals surface area (Å²) in [6.07, 6.45) is 6.74. The number of hydrogen-bond donors (Lipinski definition) is 1. The molecule has 7 nitrogen and oxygen atoms in total. The fraction of sp³-hybridized carbons (Fsp3) is 0.464. The fourth-order valence-corrected chi connectivity index (χ4v) is 5.10. The van der Waals surface area contributed by atoms with Gasteiger partial charge >= 0.3 is 5.97 Å². The molecule has 0 aliphatic carbocycles. The zero-order chi connectivity index (χ0) is 25.5. The van der Waals surface area contributed by atoms with Gasteiger partial charge in [0, 0.05) is 31.6 Å². The van der Waals surface area contributed by atoms with Crippen LogP contribution in [0.25, 0.3) is 10.9 Å². The van der Waals surface area contributed by atoms with E-state index in [4.69, 9.17) is 4.74 Å². The molecule has 1 N–H and O–H groups in total. The molecule has 0 spiro atoms. The molecule has 1 unspecified atom stereocenters. The van der Waals surface area contributed by atoms with E-state index in [0.717, 1.165) is 36.1 Å². The number of piperidine rings is 1. The Morgan fingerprint density at radius 1 is 1.31 bits per heavy atom. The fourth-order valence-electron chi connectivity index (χ4n) is 5.10. The summed E-state index contributed by atoms with van der Waals surface area (Å²) < 4.78 is 22.7. The number of aryl methyl sites for hydroxylation is 1. The first-order valence-electron chi connectivity index (χ1n) is 12.4. The Morgan fingerprint density at radius 3 is 2.92 bits per heavy atom. The van der Waals surface area contributed by atoms with E-state index in [1.165, 1.54) is 0 Å². The summed E-state index contributed by atoms with van der Waals surface area (Å²) in [5.41, 5.74) is 2.24. The molecule has 1 aliphatic rings. The number of fused-ring (bicyclic) bond motifs is 1. The van der Waals surface area contributed by atoms with Gasteiger partial charge < -0.3 is 14.4 Å². The summed E-state index contributed by atoms with van der Waals surface area (Å²) in [5, 5.41) is 10.0. The molecule has 3 atom stereocenters. The summed E-state index contributed by atoms with van der Waals surface area (Å²) >= 11 is 0. The Kier molecular flexibility index (Phi) is 8.55. The molecular weight excluding hydrogens is 459 g/mol. The lowest BCUT2D eigenvalue weighted by Crippen LogP contribution is -2.41. The van der Waals surface area contributed by atoms with Gasteiger partial charge in [-0.05, 0) is 79.8 Å². The van der Waals surface area contributed by atoms with Crippen molar-refractivity contribution in [3.05, 3.63) is 54.2 Å². The van der Waals surface area contributed by atoms with Gasteiger partial charge in [0.25, 0.3) is 0 Å². The van der Waals surface area contributed by atoms with Gasteiger partial charge in [0.05, 0.1) is 31.7 Å². The number of methoxy groups -OCH3 is 1. The van der Waals surface area contributed by atoms with Crippen LogP contribution in [0.4, 0.5) is 4.39 Å². The highest BCUT2D eigenvalue weighted by Gasteiger charge is 2.30. The quantitative estimate of drug-likeness (QED) is 0.439. The van der Waals surface area contributed by atoms with Crippen LogP contribution in [0.2, 0.25) is 0 Å². The lowest BCUT2D eigenvalue weighted by Gasteiger charge is -2.38. The smallest absolute Gasteiger partial charge is 0.303 e. The van der Waals surface area contributed by atoms with Gasteiger partial charge in [-0.2, -0.15) is 0 Å². The Balaban J connectivity index is 1.40. The molecular formula is C28H33FN4O3. The van der Waals surface area contributed by atoms with Crippen molar-refractivity contribution in [2.75, 3.05) is 26.7 Å². The molecule has 1 aromatic carbocycles. The molecule has 3 heterocycles. The maximum absolute atomic E-state index is 15.5. The predicted molar refractivity (Wildman–Crippen MR) is 136 cm³/mol. The summed E-state index contributed by atoms with van der Waals surface area (Å²) in [5.74, 6) is 6.74. The number of benzene rings is 1. The molecule has 1 saturated heterocycles. The summed E-state index contributed by atoms with van der Waals surface area (Å²) in [6.45, 7) is 2.28. The van der Waals surface area contributed by atoms with Crippen LogP contribution in [-0.4, -0.2) is 57.3 Å². The Morgan fingerprint density at radius 2 is 2.17 bits per heavy atom. The first kappa shape index (κ1) is 25.6. The van der Waals surface area contributed by atoms with Crippen molar-refractivity contribution in [2.45, 2.75) is 38.3 Å². The lowest BCUT2D eigenvalue weighted by atomic mass is 9.79. The molecule has 0 bridgehead atoms. The van der Waals surface area contributed by atoms with Gasteiger partial charge in [0.1, 0.15) is 17.6 Å². The monoisotopic (exact) mass is 492 g/mol. The van der Waals surface area contributed by atoms with Crippen molar-refractivity contribution in [2.24, 2.45) is 18.9 Å². The van der Waals surface area contributed by atoms with Crippen LogP contribution < -0.4 is 4.74 Å². The molecule has 0 saturated carbocycles. The van der Waals surface area contributed by atoms with E-state index in [9.17, 15) is 9.90 Å². The van der Waals surface area contributed by atoms with E-state index >= 15 is 4.39 Å². The summed E-state index contributed by atoms with van der Waals surface area (Å²) in [6, 6.07) is 7.26. The number of carboxylic acids is 1. The van der Waals surface area contributed by atoms with Crippen molar-refractivity contribution in [3.63, 3.8) is 0 Å². The van der Waals surface area contributed by atoms with E-state index in [1.807, 2.05) is 29.8 Å². The molecule has 1 aliphatic heterocycles. The zero-order valence-corrected chi connectivity index (χ0v) is 20.9. The van der Waals surface area contributed by atoms with Crippen LogP contribution in [0, 0.1) is 23.7 Å². The number of rotatable bonds is 9. The largest absolute Gasteiger partial charge is 0.497 e. The Bertz CT molecular complexity index is 1250. The third kappa shape index (κ3) is 6.41. The maximum Gasteiger partial charge on any atom is 0.303 e. The number of halogens is 1. The normalized spacial score (nSPS) is 19.0. The number of pyridine rings is 1. The van der Waals surface area contributed by atoms with Gasteiger partial charge in [-0.1, -0.05) is 5.92 Å². The predicted octanol–water partition coefficient (Wildman–Crippen LogP) is 4.62. The van der Waals surface area contributed by atoms with Crippen LogP contribution in [0.15, 0.2) is 43.0 Å². The number of aromatic nitrogens is 3. The molecule has 4 rings (SSSR count). The second-order valence-corrected chi connectivity index (χ2v) is 9.50. The molecule has 2 aromatic heterocycles. The first-order chi connectivity index (χ1) is 17.4. The lowest BCUT2D eigenvalue weighted by molar-refractivity contribution is -0.137. The molecule has 36 heavy (non-hydrogen) atoms. The zero-order valence-electron chi connectivity index (χ0n) is 20.9. The topological polar surface area (TPSA) is 80.5 Å². The van der Waals surface area contributed by atoms with Crippen LogP contribution in [0.5, 0.6) is 5.75 Å². The minimum absolute atomic E-state index is 0.129. The number of nitrogens with zero attached hydrogens (tertiary/aromatic N) is 4. The van der Waals surface area contributed by atoms with Gasteiger partial charge in [-0.3, -0.25) is 14.7 Å². The SMILES string of the molecule is COc1ccc2nccc(C(F)CC[C@@H]3CCN(CC#Cc4cncn4C)C[C@@H]3CCC(=O)O)c2c1. The van der Waals surface area contributed by atoms with E-state index < -0.39 is 12.1 Å². The van der Waals surface area contributed by atoms with Crippen LogP contribution in [-0.2, 0) is 11.8 Å². The second-order valence-electron chi connectivity index (χ2n) is 9.50. The van der Waals surface area contributed by atoms with Crippen LogP contribution in [0.1, 0.15) is 49.5 Å². The number of alkyl halides is 1.